The Morgan fingerprint density at radius 1 is 1.07 bits per heavy atom. The molecular formula is C20H20N4O2S2. The molecule has 2 aromatic heterocycles. The van der Waals surface area contributed by atoms with E-state index in [1.165, 1.54) is 0 Å². The molecule has 0 saturated heterocycles. The second-order valence-electron chi connectivity index (χ2n) is 6.75. The van der Waals surface area contributed by atoms with Crippen LogP contribution in [0.25, 0.3) is 20.8 Å². The second-order valence-corrected chi connectivity index (χ2v) is 9.40. The van der Waals surface area contributed by atoms with Crippen LogP contribution in [-0.4, -0.2) is 23.2 Å². The molecule has 0 aliphatic rings. The Kier molecular flexibility index (Phi) is 4.47. The third-order valence-electron chi connectivity index (χ3n) is 4.72. The van der Waals surface area contributed by atoms with Crippen molar-refractivity contribution < 1.29 is 8.42 Å². The molecule has 0 aliphatic carbocycles. The van der Waals surface area contributed by atoms with Gasteiger partial charge in [0.15, 0.2) is 0 Å². The second kappa shape index (κ2) is 6.72. The molecule has 0 unspecified atom stereocenters. The first-order chi connectivity index (χ1) is 13.3. The molecule has 144 valence electrons. The Bertz CT molecular complexity index is 1270. The predicted octanol–water partition coefficient (Wildman–Crippen LogP) is 4.42. The van der Waals surface area contributed by atoms with Crippen LogP contribution in [0.1, 0.15) is 17.0 Å². The Balaban J connectivity index is 1.68. The maximum atomic E-state index is 12.9. The minimum atomic E-state index is -3.72. The largest absolute Gasteiger partial charge is 0.279 e. The lowest BCUT2D eigenvalue weighted by atomic mass is 10.1. The van der Waals surface area contributed by atoms with Crippen LogP contribution < -0.4 is 4.72 Å². The first kappa shape index (κ1) is 18.6. The Morgan fingerprint density at radius 3 is 2.46 bits per heavy atom. The summed E-state index contributed by atoms with van der Waals surface area (Å²) in [5.41, 5.74) is 4.40. The van der Waals surface area contributed by atoms with E-state index in [-0.39, 0.29) is 4.90 Å². The summed E-state index contributed by atoms with van der Waals surface area (Å²) in [5.74, 6) is 0. The van der Waals surface area contributed by atoms with Gasteiger partial charge in [-0.15, -0.1) is 11.3 Å². The van der Waals surface area contributed by atoms with Crippen molar-refractivity contribution >= 4 is 37.3 Å². The summed E-state index contributed by atoms with van der Waals surface area (Å²) in [4.78, 5) is 4.90. The molecule has 28 heavy (non-hydrogen) atoms. The molecule has 2 aromatic carbocycles. The van der Waals surface area contributed by atoms with Gasteiger partial charge in [-0.05, 0) is 56.7 Å². The van der Waals surface area contributed by atoms with Crippen molar-refractivity contribution in [2.24, 2.45) is 7.05 Å². The lowest BCUT2D eigenvalue weighted by Gasteiger charge is -2.12. The highest BCUT2D eigenvalue weighted by molar-refractivity contribution is 7.92. The molecule has 8 heteroatoms. The van der Waals surface area contributed by atoms with Crippen LogP contribution in [0.3, 0.4) is 0 Å². The highest BCUT2D eigenvalue weighted by Crippen LogP contribution is 2.32. The van der Waals surface area contributed by atoms with Gasteiger partial charge < -0.3 is 0 Å². The van der Waals surface area contributed by atoms with Crippen molar-refractivity contribution in [3.8, 4) is 10.6 Å². The number of benzene rings is 2. The van der Waals surface area contributed by atoms with Crippen LogP contribution >= 0.6 is 11.3 Å². The zero-order chi connectivity index (χ0) is 20.1. The van der Waals surface area contributed by atoms with Gasteiger partial charge in [0.05, 0.1) is 27.3 Å². The average molecular weight is 413 g/mol. The van der Waals surface area contributed by atoms with Gasteiger partial charge in [0.25, 0.3) is 10.0 Å². The minimum Gasteiger partial charge on any atom is -0.279 e. The van der Waals surface area contributed by atoms with Crippen LogP contribution in [0.4, 0.5) is 5.69 Å². The number of fused-ring (bicyclic) bond motifs is 1. The van der Waals surface area contributed by atoms with Crippen LogP contribution in [0.2, 0.25) is 0 Å². The monoisotopic (exact) mass is 412 g/mol. The van der Waals surface area contributed by atoms with E-state index < -0.39 is 10.0 Å². The van der Waals surface area contributed by atoms with Crippen molar-refractivity contribution in [3.63, 3.8) is 0 Å². The summed E-state index contributed by atoms with van der Waals surface area (Å²) < 4.78 is 31.2. The molecule has 0 saturated carbocycles. The number of sulfonamides is 1. The molecule has 4 rings (SSSR count). The SMILES string of the molecule is Cc1cc(-c2nc3ccccc3s2)ccc1NS(=O)(=O)c1c(C)nn(C)c1C. The van der Waals surface area contributed by atoms with Gasteiger partial charge in [0.2, 0.25) is 0 Å². The Hall–Kier alpha value is -2.71. The number of hydrogen-bond acceptors (Lipinski definition) is 5. The van der Waals surface area contributed by atoms with E-state index in [0.717, 1.165) is 26.4 Å². The van der Waals surface area contributed by atoms with Crippen molar-refractivity contribution in [2.75, 3.05) is 4.72 Å². The Labute approximate surface area is 167 Å². The Morgan fingerprint density at radius 2 is 1.82 bits per heavy atom. The molecule has 2 heterocycles. The van der Waals surface area contributed by atoms with E-state index >= 15 is 0 Å². The van der Waals surface area contributed by atoms with E-state index in [4.69, 9.17) is 0 Å². The number of aryl methyl sites for hydroxylation is 3. The fourth-order valence-electron chi connectivity index (χ4n) is 3.25. The number of rotatable bonds is 4. The summed E-state index contributed by atoms with van der Waals surface area (Å²) in [7, 11) is -1.99. The lowest BCUT2D eigenvalue weighted by Crippen LogP contribution is -2.15. The van der Waals surface area contributed by atoms with Gasteiger partial charge in [-0.3, -0.25) is 9.40 Å². The maximum absolute atomic E-state index is 12.9. The highest BCUT2D eigenvalue weighted by Gasteiger charge is 2.24. The van der Waals surface area contributed by atoms with Gasteiger partial charge >= 0.3 is 0 Å². The summed E-state index contributed by atoms with van der Waals surface area (Å²) in [6, 6.07) is 13.6. The van der Waals surface area contributed by atoms with Gasteiger partial charge in [0.1, 0.15) is 9.90 Å². The fraction of sp³-hybridized carbons (Fsp3) is 0.200. The third-order valence-corrected chi connectivity index (χ3v) is 7.43. The topological polar surface area (TPSA) is 76.9 Å². The normalized spacial score (nSPS) is 11.9. The summed E-state index contributed by atoms with van der Waals surface area (Å²) in [5, 5.41) is 5.12. The molecule has 0 spiro atoms. The number of para-hydroxylation sites is 1. The van der Waals surface area contributed by atoms with Crippen LogP contribution in [0.5, 0.6) is 0 Å². The van der Waals surface area contributed by atoms with Crippen molar-refractivity contribution in [1.82, 2.24) is 14.8 Å². The molecule has 0 radical (unpaired) electrons. The van der Waals surface area contributed by atoms with Crippen LogP contribution in [0.15, 0.2) is 47.4 Å². The van der Waals surface area contributed by atoms with E-state index in [0.29, 0.717) is 17.1 Å². The van der Waals surface area contributed by atoms with Crippen LogP contribution in [-0.2, 0) is 17.1 Å². The number of nitrogens with one attached hydrogen (secondary N) is 1. The molecule has 0 aliphatic heterocycles. The smallest absolute Gasteiger partial charge is 0.265 e. The molecule has 0 atom stereocenters. The molecule has 0 fully saturated rings. The summed E-state index contributed by atoms with van der Waals surface area (Å²) >= 11 is 1.62. The molecule has 6 nitrogen and oxygen atoms in total. The molecule has 0 bridgehead atoms. The van der Waals surface area contributed by atoms with E-state index in [1.54, 1.807) is 43.0 Å². The predicted molar refractivity (Wildman–Crippen MR) is 113 cm³/mol. The minimum absolute atomic E-state index is 0.227. The quantitative estimate of drug-likeness (QED) is 0.538. The van der Waals surface area contributed by atoms with Crippen molar-refractivity contribution in [1.29, 1.82) is 0 Å². The zero-order valence-electron chi connectivity index (χ0n) is 16.0. The number of anilines is 1. The van der Waals surface area contributed by atoms with Gasteiger partial charge in [-0.2, -0.15) is 5.10 Å². The summed E-state index contributed by atoms with van der Waals surface area (Å²) in [6.07, 6.45) is 0. The lowest BCUT2D eigenvalue weighted by molar-refractivity contribution is 0.599. The van der Waals surface area contributed by atoms with Gasteiger partial charge in [-0.25, -0.2) is 13.4 Å². The van der Waals surface area contributed by atoms with Crippen molar-refractivity contribution in [2.45, 2.75) is 25.7 Å². The third kappa shape index (κ3) is 3.18. The van der Waals surface area contributed by atoms with Crippen LogP contribution in [0, 0.1) is 20.8 Å². The molecule has 4 aromatic rings. The van der Waals surface area contributed by atoms with Gasteiger partial charge in [-0.1, -0.05) is 12.1 Å². The number of thiazole rings is 1. The number of nitrogens with zero attached hydrogens (tertiary/aromatic N) is 3. The first-order valence-corrected chi connectivity index (χ1v) is 11.1. The number of aromatic nitrogens is 3. The van der Waals surface area contributed by atoms with E-state index in [2.05, 4.69) is 14.8 Å². The standard InChI is InChI=1S/C20H20N4O2S2/c1-12-11-15(20-21-17-7-5-6-8-18(17)27-20)9-10-16(12)23-28(25,26)19-13(2)22-24(4)14(19)3/h5-11,23H,1-4H3. The molecule has 1 N–H and O–H groups in total. The summed E-state index contributed by atoms with van der Waals surface area (Å²) in [6.45, 7) is 5.33. The van der Waals surface area contributed by atoms with E-state index in [9.17, 15) is 8.42 Å². The van der Waals surface area contributed by atoms with E-state index in [1.807, 2.05) is 43.3 Å². The van der Waals surface area contributed by atoms with Crippen molar-refractivity contribution in [3.05, 3.63) is 59.4 Å². The molecule has 0 amide bonds. The average Bonchev–Trinajstić information content (AvgIpc) is 3.17. The zero-order valence-corrected chi connectivity index (χ0v) is 17.6. The van der Waals surface area contributed by atoms with Gasteiger partial charge in [0, 0.05) is 12.6 Å². The highest BCUT2D eigenvalue weighted by atomic mass is 32.2. The first-order valence-electron chi connectivity index (χ1n) is 8.76. The number of hydrogen-bond donors (Lipinski definition) is 1. The fourth-order valence-corrected chi connectivity index (χ4v) is 5.78. The maximum Gasteiger partial charge on any atom is 0.265 e. The molecular weight excluding hydrogens is 392 g/mol.